The van der Waals surface area contributed by atoms with Crippen LogP contribution in [0.3, 0.4) is 0 Å². The van der Waals surface area contributed by atoms with Crippen LogP contribution in [-0.4, -0.2) is 6.04 Å². The predicted molar refractivity (Wildman–Crippen MR) is 78.6 cm³/mol. The molecule has 0 aromatic heterocycles. The van der Waals surface area contributed by atoms with E-state index in [9.17, 15) is 8.78 Å². The molecule has 0 radical (unpaired) electrons. The molecule has 2 aromatic carbocycles. The van der Waals surface area contributed by atoms with E-state index in [0.29, 0.717) is 0 Å². The van der Waals surface area contributed by atoms with Gasteiger partial charge in [0.2, 0.25) is 0 Å². The molecule has 2 rings (SSSR count). The highest BCUT2D eigenvalue weighted by atomic mass is 19.1. The number of nitrogens with one attached hydrogen (secondary N) is 1. The van der Waals surface area contributed by atoms with Crippen LogP contribution in [0, 0.1) is 11.6 Å². The van der Waals surface area contributed by atoms with Gasteiger partial charge in [0.05, 0.1) is 0 Å². The van der Waals surface area contributed by atoms with E-state index in [0.717, 1.165) is 25.0 Å². The van der Waals surface area contributed by atoms with Gasteiger partial charge in [-0.05, 0) is 37.5 Å². The van der Waals surface area contributed by atoms with Crippen LogP contribution >= 0.6 is 0 Å². The van der Waals surface area contributed by atoms with E-state index in [1.165, 1.54) is 5.56 Å². The Balaban J connectivity index is 1.96. The number of aryl methyl sites for hydroxylation is 1. The zero-order chi connectivity index (χ0) is 14.5. The van der Waals surface area contributed by atoms with Gasteiger partial charge in [0.25, 0.3) is 0 Å². The first kappa shape index (κ1) is 14.3. The van der Waals surface area contributed by atoms with Gasteiger partial charge in [0.1, 0.15) is 5.69 Å². The molecule has 1 atom stereocenters. The molecule has 3 N–H and O–H groups in total. The maximum Gasteiger partial charge on any atom is 0.151 e. The van der Waals surface area contributed by atoms with E-state index in [1.807, 2.05) is 37.3 Å². The van der Waals surface area contributed by atoms with Crippen LogP contribution in [-0.2, 0) is 6.42 Å². The number of halogens is 2. The normalized spacial score (nSPS) is 12.2. The van der Waals surface area contributed by atoms with E-state index in [2.05, 4.69) is 5.32 Å². The number of hydrogen-bond donors (Lipinski definition) is 2. The fourth-order valence-corrected chi connectivity index (χ4v) is 2.08. The highest BCUT2D eigenvalue weighted by Crippen LogP contribution is 2.23. The number of nitrogen functional groups attached to an aromatic ring is 1. The van der Waals surface area contributed by atoms with Crippen molar-refractivity contribution in [3.63, 3.8) is 0 Å². The summed E-state index contributed by atoms with van der Waals surface area (Å²) in [6.07, 6.45) is 1.64. The molecule has 0 aliphatic heterocycles. The second-order valence-corrected chi connectivity index (χ2v) is 4.93. The van der Waals surface area contributed by atoms with Gasteiger partial charge in [-0.25, -0.2) is 8.78 Å². The lowest BCUT2D eigenvalue weighted by molar-refractivity contribution is 0.580. The average Bonchev–Trinajstić information content (AvgIpc) is 2.42. The molecule has 0 bridgehead atoms. The van der Waals surface area contributed by atoms with Crippen LogP contribution in [0.5, 0.6) is 0 Å². The molecular formula is C16H18F2N2. The summed E-state index contributed by atoms with van der Waals surface area (Å²) >= 11 is 0. The van der Waals surface area contributed by atoms with Crippen molar-refractivity contribution in [3.8, 4) is 0 Å². The third kappa shape index (κ3) is 3.70. The van der Waals surface area contributed by atoms with Gasteiger partial charge in [-0.2, -0.15) is 0 Å². The first-order valence-corrected chi connectivity index (χ1v) is 6.61. The predicted octanol–water partition coefficient (Wildman–Crippen LogP) is 3.98. The second kappa shape index (κ2) is 6.37. The van der Waals surface area contributed by atoms with Gasteiger partial charge in [0, 0.05) is 11.7 Å². The van der Waals surface area contributed by atoms with Crippen LogP contribution in [0.15, 0.2) is 42.5 Å². The molecule has 1 unspecified atom stereocenters. The Morgan fingerprint density at radius 2 is 1.70 bits per heavy atom. The van der Waals surface area contributed by atoms with Crippen LogP contribution in [0.25, 0.3) is 0 Å². The maximum absolute atomic E-state index is 13.7. The van der Waals surface area contributed by atoms with Gasteiger partial charge in [-0.15, -0.1) is 0 Å². The zero-order valence-electron chi connectivity index (χ0n) is 11.4. The number of hydrogen-bond acceptors (Lipinski definition) is 2. The van der Waals surface area contributed by atoms with Crippen molar-refractivity contribution in [2.75, 3.05) is 11.1 Å². The molecule has 0 fully saturated rings. The Hall–Kier alpha value is -2.10. The Labute approximate surface area is 117 Å². The zero-order valence-corrected chi connectivity index (χ0v) is 11.4. The van der Waals surface area contributed by atoms with Gasteiger partial charge in [0.15, 0.2) is 11.6 Å². The maximum atomic E-state index is 13.7. The Morgan fingerprint density at radius 1 is 1.10 bits per heavy atom. The number of benzene rings is 2. The van der Waals surface area contributed by atoms with Crippen molar-refractivity contribution in [1.29, 1.82) is 0 Å². The SMILES string of the molecule is CC(CCc1ccccc1)Nc1c(F)cc(N)cc1F. The molecule has 20 heavy (non-hydrogen) atoms. The molecule has 2 aromatic rings. The van der Waals surface area contributed by atoms with E-state index >= 15 is 0 Å². The molecule has 0 aliphatic rings. The Bertz CT molecular complexity index is 547. The minimum atomic E-state index is -0.658. The van der Waals surface area contributed by atoms with E-state index < -0.39 is 11.6 Å². The fourth-order valence-electron chi connectivity index (χ4n) is 2.08. The first-order valence-electron chi connectivity index (χ1n) is 6.61. The van der Waals surface area contributed by atoms with Crippen LogP contribution < -0.4 is 11.1 Å². The highest BCUT2D eigenvalue weighted by molar-refractivity contribution is 5.54. The molecule has 0 heterocycles. The highest BCUT2D eigenvalue weighted by Gasteiger charge is 2.12. The van der Waals surface area contributed by atoms with Crippen molar-refractivity contribution in [2.24, 2.45) is 0 Å². The monoisotopic (exact) mass is 276 g/mol. The van der Waals surface area contributed by atoms with Gasteiger partial charge >= 0.3 is 0 Å². The van der Waals surface area contributed by atoms with Crippen LogP contribution in [0.1, 0.15) is 18.9 Å². The lowest BCUT2D eigenvalue weighted by Crippen LogP contribution is -2.18. The molecule has 0 aliphatic carbocycles. The Morgan fingerprint density at radius 3 is 2.30 bits per heavy atom. The lowest BCUT2D eigenvalue weighted by Gasteiger charge is -2.16. The summed E-state index contributed by atoms with van der Waals surface area (Å²) in [6.45, 7) is 1.90. The molecule has 106 valence electrons. The molecule has 0 amide bonds. The minimum absolute atomic E-state index is 0.0390. The summed E-state index contributed by atoms with van der Waals surface area (Å²) in [5.74, 6) is -1.32. The van der Waals surface area contributed by atoms with Crippen molar-refractivity contribution < 1.29 is 8.78 Å². The standard InChI is InChI=1S/C16H18F2N2/c1-11(7-8-12-5-3-2-4-6-12)20-16-14(17)9-13(19)10-15(16)18/h2-6,9-11,20H,7-8,19H2,1H3. The third-order valence-corrected chi connectivity index (χ3v) is 3.16. The quantitative estimate of drug-likeness (QED) is 0.811. The fraction of sp³-hybridized carbons (Fsp3) is 0.250. The topological polar surface area (TPSA) is 38.0 Å². The Kier molecular flexibility index (Phi) is 4.56. The van der Waals surface area contributed by atoms with Gasteiger partial charge in [-0.1, -0.05) is 30.3 Å². The molecular weight excluding hydrogens is 258 g/mol. The molecule has 0 saturated carbocycles. The largest absolute Gasteiger partial charge is 0.399 e. The number of nitrogens with two attached hydrogens (primary N) is 1. The van der Waals surface area contributed by atoms with Crippen molar-refractivity contribution >= 4 is 11.4 Å². The van der Waals surface area contributed by atoms with Crippen molar-refractivity contribution in [2.45, 2.75) is 25.8 Å². The summed E-state index contributed by atoms with van der Waals surface area (Å²) in [5.41, 5.74) is 6.57. The van der Waals surface area contributed by atoms with E-state index in [-0.39, 0.29) is 17.4 Å². The van der Waals surface area contributed by atoms with Gasteiger partial charge in [-0.3, -0.25) is 0 Å². The summed E-state index contributed by atoms with van der Waals surface area (Å²) in [4.78, 5) is 0. The van der Waals surface area contributed by atoms with Crippen LogP contribution in [0.2, 0.25) is 0 Å². The number of anilines is 2. The second-order valence-electron chi connectivity index (χ2n) is 4.93. The average molecular weight is 276 g/mol. The molecule has 0 spiro atoms. The minimum Gasteiger partial charge on any atom is -0.399 e. The van der Waals surface area contributed by atoms with Crippen molar-refractivity contribution in [3.05, 3.63) is 59.7 Å². The summed E-state index contributed by atoms with van der Waals surface area (Å²) in [5, 5.41) is 2.87. The summed E-state index contributed by atoms with van der Waals surface area (Å²) < 4.78 is 27.3. The lowest BCUT2D eigenvalue weighted by atomic mass is 10.1. The van der Waals surface area contributed by atoms with E-state index in [4.69, 9.17) is 5.73 Å². The van der Waals surface area contributed by atoms with Gasteiger partial charge < -0.3 is 11.1 Å². The van der Waals surface area contributed by atoms with Crippen LogP contribution in [0.4, 0.5) is 20.2 Å². The molecule has 4 heteroatoms. The first-order chi connectivity index (χ1) is 9.56. The number of rotatable bonds is 5. The molecule has 0 saturated heterocycles. The van der Waals surface area contributed by atoms with E-state index in [1.54, 1.807) is 0 Å². The third-order valence-electron chi connectivity index (χ3n) is 3.16. The molecule has 2 nitrogen and oxygen atoms in total. The summed E-state index contributed by atoms with van der Waals surface area (Å²) in [6, 6.07) is 12.2. The smallest absolute Gasteiger partial charge is 0.151 e. The van der Waals surface area contributed by atoms with Crippen molar-refractivity contribution in [1.82, 2.24) is 0 Å². The summed E-state index contributed by atoms with van der Waals surface area (Å²) in [7, 11) is 0.